The number of carbonyl (C=O) groups is 2. The maximum absolute atomic E-state index is 13.3. The third-order valence-corrected chi connectivity index (χ3v) is 3.28. The predicted molar refractivity (Wildman–Crippen MR) is 66.7 cm³/mol. The number of carboxylic acid groups (broad SMARTS) is 1. The van der Waals surface area contributed by atoms with Gasteiger partial charge in [-0.25, -0.2) is 9.18 Å². The molecule has 0 bridgehead atoms. The van der Waals surface area contributed by atoms with Crippen molar-refractivity contribution in [3.63, 3.8) is 0 Å². The molecule has 0 fully saturated rings. The van der Waals surface area contributed by atoms with Gasteiger partial charge in [0.25, 0.3) is 0 Å². The van der Waals surface area contributed by atoms with Gasteiger partial charge in [0.1, 0.15) is 5.82 Å². The van der Waals surface area contributed by atoms with Gasteiger partial charge in [-0.3, -0.25) is 4.79 Å². The minimum absolute atomic E-state index is 0.0525. The van der Waals surface area contributed by atoms with E-state index in [0.717, 1.165) is 12.1 Å². The Kier molecular flexibility index (Phi) is 4.46. The van der Waals surface area contributed by atoms with Gasteiger partial charge in [-0.1, -0.05) is 32.4 Å². The molecule has 0 heterocycles. The lowest BCUT2D eigenvalue weighted by atomic mass is 9.89. The maximum Gasteiger partial charge on any atom is 0.338 e. The highest BCUT2D eigenvalue weighted by Crippen LogP contribution is 2.25. The second-order valence-corrected chi connectivity index (χ2v) is 4.92. The molecule has 0 radical (unpaired) electrons. The molecule has 0 saturated heterocycles. The normalized spacial score (nSPS) is 12.6. The molecule has 98 valence electrons. The first kappa shape index (κ1) is 14.6. The fourth-order valence-electron chi connectivity index (χ4n) is 1.45. The first-order chi connectivity index (χ1) is 8.25. The third kappa shape index (κ3) is 2.88. The second kappa shape index (κ2) is 5.48. The summed E-state index contributed by atoms with van der Waals surface area (Å²) in [6.07, 6.45) is 0. The molecule has 1 unspecified atom stereocenters. The van der Waals surface area contributed by atoms with Crippen molar-refractivity contribution in [3.05, 3.63) is 34.1 Å². The Morgan fingerprint density at radius 2 is 1.78 bits per heavy atom. The van der Waals surface area contributed by atoms with Gasteiger partial charge in [0.15, 0.2) is 5.78 Å². The van der Waals surface area contributed by atoms with E-state index in [-0.39, 0.29) is 28.2 Å². The molecule has 1 atom stereocenters. The van der Waals surface area contributed by atoms with Crippen molar-refractivity contribution in [2.45, 2.75) is 20.8 Å². The highest BCUT2D eigenvalue weighted by atomic mass is 35.5. The Balaban J connectivity index is 3.29. The summed E-state index contributed by atoms with van der Waals surface area (Å²) in [5.41, 5.74) is -0.490. The summed E-state index contributed by atoms with van der Waals surface area (Å²) in [7, 11) is 0. The molecule has 1 N–H and O–H groups in total. The van der Waals surface area contributed by atoms with Crippen molar-refractivity contribution < 1.29 is 19.1 Å². The number of carbonyl (C=O) groups excluding carboxylic acids is 1. The molecular weight excluding hydrogens is 259 g/mol. The molecule has 0 aliphatic rings. The van der Waals surface area contributed by atoms with Gasteiger partial charge in [-0.2, -0.15) is 0 Å². The van der Waals surface area contributed by atoms with E-state index >= 15 is 0 Å². The summed E-state index contributed by atoms with van der Waals surface area (Å²) >= 11 is 5.80. The summed E-state index contributed by atoms with van der Waals surface area (Å²) in [5.74, 6) is -2.87. The first-order valence-electron chi connectivity index (χ1n) is 5.52. The lowest BCUT2D eigenvalue weighted by molar-refractivity contribution is 0.0692. The number of rotatable bonds is 4. The zero-order valence-electron chi connectivity index (χ0n) is 10.3. The molecule has 0 aliphatic carbocycles. The van der Waals surface area contributed by atoms with Crippen molar-refractivity contribution in [1.82, 2.24) is 0 Å². The van der Waals surface area contributed by atoms with E-state index in [1.807, 2.05) is 13.8 Å². The highest BCUT2D eigenvalue weighted by molar-refractivity contribution is 6.34. The zero-order valence-corrected chi connectivity index (χ0v) is 11.1. The minimum atomic E-state index is -1.42. The van der Waals surface area contributed by atoms with Crippen molar-refractivity contribution >= 4 is 23.4 Å². The highest BCUT2D eigenvalue weighted by Gasteiger charge is 2.23. The number of hydrogen-bond donors (Lipinski definition) is 1. The van der Waals surface area contributed by atoms with Crippen LogP contribution in [0.5, 0.6) is 0 Å². The summed E-state index contributed by atoms with van der Waals surface area (Å²) in [6, 6.07) is 1.87. The fourth-order valence-corrected chi connectivity index (χ4v) is 1.69. The smallest absolute Gasteiger partial charge is 0.338 e. The molecule has 1 rings (SSSR count). The van der Waals surface area contributed by atoms with Crippen molar-refractivity contribution in [2.24, 2.45) is 11.8 Å². The number of ketones is 1. The van der Waals surface area contributed by atoms with Crippen molar-refractivity contribution in [2.75, 3.05) is 0 Å². The van der Waals surface area contributed by atoms with Crippen LogP contribution in [0.2, 0.25) is 5.02 Å². The van der Waals surface area contributed by atoms with Crippen LogP contribution < -0.4 is 0 Å². The quantitative estimate of drug-likeness (QED) is 0.851. The Labute approximate surface area is 110 Å². The first-order valence-corrected chi connectivity index (χ1v) is 5.90. The Morgan fingerprint density at radius 3 is 2.22 bits per heavy atom. The Morgan fingerprint density at radius 1 is 1.22 bits per heavy atom. The number of Topliss-reactive ketones (excluding diaryl/α,β-unsaturated/α-hetero) is 1. The van der Waals surface area contributed by atoms with Crippen molar-refractivity contribution in [1.29, 1.82) is 0 Å². The third-order valence-electron chi connectivity index (χ3n) is 2.97. The van der Waals surface area contributed by atoms with Gasteiger partial charge in [0, 0.05) is 11.5 Å². The molecule has 0 amide bonds. The number of carboxylic acids is 1. The monoisotopic (exact) mass is 272 g/mol. The summed E-state index contributed by atoms with van der Waals surface area (Å²) in [5, 5.41) is 8.76. The van der Waals surface area contributed by atoms with E-state index in [1.54, 1.807) is 6.92 Å². The van der Waals surface area contributed by atoms with E-state index in [1.165, 1.54) is 0 Å². The van der Waals surface area contributed by atoms with Crippen LogP contribution in [0.15, 0.2) is 12.1 Å². The average Bonchev–Trinajstić information content (AvgIpc) is 2.26. The van der Waals surface area contributed by atoms with Crippen LogP contribution in [0.25, 0.3) is 0 Å². The van der Waals surface area contributed by atoms with E-state index in [0.29, 0.717) is 0 Å². The molecule has 5 heteroatoms. The number of benzene rings is 1. The predicted octanol–water partition coefficient (Wildman–Crippen LogP) is 3.65. The summed E-state index contributed by atoms with van der Waals surface area (Å²) in [4.78, 5) is 22.9. The summed E-state index contributed by atoms with van der Waals surface area (Å²) in [6.45, 7) is 5.48. The summed E-state index contributed by atoms with van der Waals surface area (Å²) < 4.78 is 13.3. The molecule has 0 aliphatic heterocycles. The minimum Gasteiger partial charge on any atom is -0.478 e. The van der Waals surface area contributed by atoms with Gasteiger partial charge in [-0.15, -0.1) is 0 Å². The van der Waals surface area contributed by atoms with E-state index < -0.39 is 17.3 Å². The number of aromatic carboxylic acids is 1. The lowest BCUT2D eigenvalue weighted by Gasteiger charge is -2.15. The number of halogens is 2. The zero-order chi connectivity index (χ0) is 14.0. The van der Waals surface area contributed by atoms with Crippen molar-refractivity contribution in [3.8, 4) is 0 Å². The Hall–Kier alpha value is -1.42. The molecule has 18 heavy (non-hydrogen) atoms. The standard InChI is InChI=1S/C13H14ClFO3/c1-6(2)7(3)12(16)8-4-9(13(17)18)11(15)5-10(8)14/h4-7H,1-3H3,(H,17,18). The average molecular weight is 273 g/mol. The second-order valence-electron chi connectivity index (χ2n) is 4.51. The van der Waals surface area contributed by atoms with Crippen LogP contribution >= 0.6 is 11.6 Å². The van der Waals surface area contributed by atoms with Crippen LogP contribution in [-0.2, 0) is 0 Å². The molecule has 3 nitrogen and oxygen atoms in total. The van der Waals surface area contributed by atoms with Gasteiger partial charge in [0.05, 0.1) is 10.6 Å². The topological polar surface area (TPSA) is 54.4 Å². The molecular formula is C13H14ClFO3. The maximum atomic E-state index is 13.3. The van der Waals surface area contributed by atoms with Gasteiger partial charge in [0.2, 0.25) is 0 Å². The lowest BCUT2D eigenvalue weighted by Crippen LogP contribution is -2.18. The van der Waals surface area contributed by atoms with Crippen LogP contribution in [0.1, 0.15) is 41.5 Å². The Bertz CT molecular complexity index is 497. The van der Waals surface area contributed by atoms with Gasteiger partial charge < -0.3 is 5.11 Å². The van der Waals surface area contributed by atoms with Crippen LogP contribution in [0.4, 0.5) is 4.39 Å². The van der Waals surface area contributed by atoms with Gasteiger partial charge in [-0.05, 0) is 18.1 Å². The van der Waals surface area contributed by atoms with Crippen LogP contribution in [0.3, 0.4) is 0 Å². The fraction of sp³-hybridized carbons (Fsp3) is 0.385. The van der Waals surface area contributed by atoms with E-state index in [4.69, 9.17) is 16.7 Å². The van der Waals surface area contributed by atoms with Crippen LogP contribution in [-0.4, -0.2) is 16.9 Å². The van der Waals surface area contributed by atoms with E-state index in [2.05, 4.69) is 0 Å². The molecule has 1 aromatic rings. The largest absolute Gasteiger partial charge is 0.478 e. The molecule has 0 spiro atoms. The SMILES string of the molecule is CC(C)C(C)C(=O)c1cc(C(=O)O)c(F)cc1Cl. The number of hydrogen-bond acceptors (Lipinski definition) is 2. The molecule has 1 aromatic carbocycles. The van der Waals surface area contributed by atoms with E-state index in [9.17, 15) is 14.0 Å². The van der Waals surface area contributed by atoms with Gasteiger partial charge >= 0.3 is 5.97 Å². The van der Waals surface area contributed by atoms with Crippen LogP contribution in [0, 0.1) is 17.7 Å². The molecule has 0 aromatic heterocycles. The molecule has 0 saturated carbocycles.